The Kier molecular flexibility index (Phi) is 7.80. The minimum absolute atomic E-state index is 0.125. The van der Waals surface area contributed by atoms with Gasteiger partial charge < -0.3 is 16.0 Å². The van der Waals surface area contributed by atoms with Crippen molar-refractivity contribution in [1.29, 1.82) is 0 Å². The van der Waals surface area contributed by atoms with Gasteiger partial charge in [0.05, 0.1) is 6.54 Å². The molecule has 0 unspecified atom stereocenters. The Hall–Kier alpha value is -2.62. The minimum atomic E-state index is -4.44. The van der Waals surface area contributed by atoms with Gasteiger partial charge >= 0.3 is 6.18 Å². The molecule has 0 bridgehead atoms. The Balaban J connectivity index is 1.88. The van der Waals surface area contributed by atoms with Gasteiger partial charge in [0.25, 0.3) is 5.91 Å². The van der Waals surface area contributed by atoms with Crippen LogP contribution in [-0.4, -0.2) is 30.4 Å². The topological polar surface area (TPSA) is 78.4 Å². The van der Waals surface area contributed by atoms with Crippen LogP contribution in [0.4, 0.5) is 13.2 Å². The number of carbonyl (C=O) groups is 1. The zero-order valence-corrected chi connectivity index (χ0v) is 16.4. The van der Waals surface area contributed by atoms with Crippen LogP contribution in [0.1, 0.15) is 40.0 Å². The third-order valence-corrected chi connectivity index (χ3v) is 4.51. The number of hydrogen-bond acceptors (Lipinski definition) is 4. The lowest BCUT2D eigenvalue weighted by atomic mass is 10.1. The van der Waals surface area contributed by atoms with Crippen molar-refractivity contribution >= 4 is 23.2 Å². The number of carbonyl (C=O) groups excluding carboxylic acids is 1. The van der Waals surface area contributed by atoms with Gasteiger partial charge in [0.2, 0.25) is 0 Å². The van der Waals surface area contributed by atoms with Crippen LogP contribution in [0, 0.1) is 0 Å². The van der Waals surface area contributed by atoms with Crippen molar-refractivity contribution < 1.29 is 18.0 Å². The summed E-state index contributed by atoms with van der Waals surface area (Å²) in [4.78, 5) is 19.6. The van der Waals surface area contributed by atoms with E-state index in [1.807, 2.05) is 13.0 Å². The van der Waals surface area contributed by atoms with Crippen molar-refractivity contribution in [3.05, 3.63) is 51.5 Å². The lowest BCUT2D eigenvalue weighted by Crippen LogP contribution is -2.36. The number of benzene rings is 1. The maximum Gasteiger partial charge on any atom is 0.434 e. The summed E-state index contributed by atoms with van der Waals surface area (Å²) in [7, 11) is 1.56. The predicted molar refractivity (Wildman–Crippen MR) is 103 cm³/mol. The normalized spacial score (nSPS) is 12.0. The Bertz CT molecular complexity index is 820. The van der Waals surface area contributed by atoms with Gasteiger partial charge in [-0.05, 0) is 24.1 Å². The van der Waals surface area contributed by atoms with Crippen LogP contribution < -0.4 is 16.0 Å². The fourth-order valence-electron chi connectivity index (χ4n) is 2.25. The molecule has 1 aromatic carbocycles. The molecule has 0 spiro atoms. The van der Waals surface area contributed by atoms with Crippen molar-refractivity contribution in [3.63, 3.8) is 0 Å². The van der Waals surface area contributed by atoms with Crippen molar-refractivity contribution in [2.45, 2.75) is 32.6 Å². The van der Waals surface area contributed by atoms with E-state index >= 15 is 0 Å². The first-order valence-corrected chi connectivity index (χ1v) is 9.54. The molecule has 2 aromatic rings. The van der Waals surface area contributed by atoms with Gasteiger partial charge in [-0.15, -0.1) is 11.3 Å². The molecule has 0 saturated carbocycles. The first-order valence-electron chi connectivity index (χ1n) is 8.66. The van der Waals surface area contributed by atoms with Crippen LogP contribution >= 0.6 is 11.3 Å². The van der Waals surface area contributed by atoms with E-state index < -0.39 is 11.9 Å². The van der Waals surface area contributed by atoms with Crippen molar-refractivity contribution in [2.24, 2.45) is 4.99 Å². The average molecular weight is 413 g/mol. The number of nitrogens with zero attached hydrogens (tertiary/aromatic N) is 2. The molecule has 1 amide bonds. The smallest absolute Gasteiger partial charge is 0.352 e. The molecule has 1 heterocycles. The molecular weight excluding hydrogens is 391 g/mol. The third kappa shape index (κ3) is 6.52. The van der Waals surface area contributed by atoms with E-state index in [1.54, 1.807) is 25.2 Å². The predicted octanol–water partition coefficient (Wildman–Crippen LogP) is 3.17. The van der Waals surface area contributed by atoms with Gasteiger partial charge in [0.15, 0.2) is 11.7 Å². The fourth-order valence-corrected chi connectivity index (χ4v) is 2.99. The van der Waals surface area contributed by atoms with Gasteiger partial charge in [-0.3, -0.25) is 9.79 Å². The zero-order valence-electron chi connectivity index (χ0n) is 15.6. The number of nitrogens with one attached hydrogen (secondary N) is 3. The SMILES string of the molecule is CCCNC(=O)c1cccc(CNC(=NC)NCc2nc(C(F)(F)F)cs2)c1. The lowest BCUT2D eigenvalue weighted by molar-refractivity contribution is -0.140. The average Bonchev–Trinajstić information content (AvgIpc) is 3.16. The van der Waals surface area contributed by atoms with Crippen LogP contribution in [-0.2, 0) is 19.3 Å². The number of aliphatic imine (C=N–C) groups is 1. The molecule has 28 heavy (non-hydrogen) atoms. The second kappa shape index (κ2) is 10.1. The Labute approximate surface area is 165 Å². The van der Waals surface area contributed by atoms with E-state index in [0.717, 1.165) is 28.7 Å². The molecule has 0 aliphatic heterocycles. The highest BCUT2D eigenvalue weighted by atomic mass is 32.1. The van der Waals surface area contributed by atoms with Crippen LogP contribution in [0.3, 0.4) is 0 Å². The van der Waals surface area contributed by atoms with E-state index in [-0.39, 0.29) is 12.5 Å². The Morgan fingerprint density at radius 2 is 1.96 bits per heavy atom. The maximum atomic E-state index is 12.6. The highest BCUT2D eigenvalue weighted by Gasteiger charge is 2.33. The van der Waals surface area contributed by atoms with Crippen LogP contribution in [0.25, 0.3) is 0 Å². The molecule has 0 saturated heterocycles. The van der Waals surface area contributed by atoms with Crippen molar-refractivity contribution in [3.8, 4) is 0 Å². The molecule has 2 rings (SSSR count). The molecule has 10 heteroatoms. The van der Waals surface area contributed by atoms with Crippen molar-refractivity contribution in [2.75, 3.05) is 13.6 Å². The number of guanidine groups is 1. The monoisotopic (exact) mass is 413 g/mol. The number of rotatable bonds is 7. The maximum absolute atomic E-state index is 12.6. The largest absolute Gasteiger partial charge is 0.434 e. The van der Waals surface area contributed by atoms with Gasteiger partial charge in [-0.1, -0.05) is 19.1 Å². The van der Waals surface area contributed by atoms with E-state index in [2.05, 4.69) is 25.9 Å². The summed E-state index contributed by atoms with van der Waals surface area (Å²) in [5.41, 5.74) is 0.550. The number of thiazole rings is 1. The summed E-state index contributed by atoms with van der Waals surface area (Å²) in [5.74, 6) is 0.292. The number of aromatic nitrogens is 1. The lowest BCUT2D eigenvalue weighted by Gasteiger charge is -2.12. The van der Waals surface area contributed by atoms with Gasteiger partial charge in [0, 0.05) is 31.1 Å². The summed E-state index contributed by atoms with van der Waals surface area (Å²) in [6, 6.07) is 7.18. The molecule has 0 radical (unpaired) electrons. The Morgan fingerprint density at radius 1 is 1.21 bits per heavy atom. The third-order valence-electron chi connectivity index (χ3n) is 3.66. The molecule has 3 N–H and O–H groups in total. The summed E-state index contributed by atoms with van der Waals surface area (Å²) >= 11 is 0.934. The first kappa shape index (κ1) is 21.7. The van der Waals surface area contributed by atoms with E-state index in [4.69, 9.17) is 0 Å². The van der Waals surface area contributed by atoms with Crippen molar-refractivity contribution in [1.82, 2.24) is 20.9 Å². The quantitative estimate of drug-likeness (QED) is 0.481. The number of alkyl halides is 3. The zero-order chi connectivity index (χ0) is 20.6. The highest BCUT2D eigenvalue weighted by molar-refractivity contribution is 7.09. The van der Waals surface area contributed by atoms with Gasteiger partial charge in [0.1, 0.15) is 5.01 Å². The first-order chi connectivity index (χ1) is 13.3. The number of amides is 1. The summed E-state index contributed by atoms with van der Waals surface area (Å²) in [5, 5.41) is 10.1. The number of hydrogen-bond donors (Lipinski definition) is 3. The van der Waals surface area contributed by atoms with E-state index in [9.17, 15) is 18.0 Å². The van der Waals surface area contributed by atoms with Crippen LogP contribution in [0.15, 0.2) is 34.6 Å². The molecule has 0 aliphatic carbocycles. The molecule has 0 fully saturated rings. The second-order valence-electron chi connectivity index (χ2n) is 5.86. The molecule has 6 nitrogen and oxygen atoms in total. The molecule has 1 aromatic heterocycles. The van der Waals surface area contributed by atoms with Gasteiger partial charge in [-0.25, -0.2) is 4.98 Å². The Morgan fingerprint density at radius 3 is 2.61 bits per heavy atom. The minimum Gasteiger partial charge on any atom is -0.352 e. The molecule has 152 valence electrons. The standard InChI is InChI=1S/C18H22F3N5OS/c1-3-7-23-16(27)13-6-4-5-12(8-13)9-24-17(22-2)25-10-15-26-14(11-28-15)18(19,20)21/h4-6,8,11H,3,7,9-10H2,1-2H3,(H,23,27)(H2,22,24,25). The summed E-state index contributed by atoms with van der Waals surface area (Å²) in [6.45, 7) is 3.12. The molecule has 0 aliphatic rings. The van der Waals surface area contributed by atoms with Gasteiger partial charge in [-0.2, -0.15) is 13.2 Å². The summed E-state index contributed by atoms with van der Waals surface area (Å²) in [6.07, 6.45) is -3.58. The second-order valence-corrected chi connectivity index (χ2v) is 6.80. The molecule has 0 atom stereocenters. The number of halogens is 3. The van der Waals surface area contributed by atoms with Crippen LogP contribution in [0.5, 0.6) is 0 Å². The fraction of sp³-hybridized carbons (Fsp3) is 0.389. The highest BCUT2D eigenvalue weighted by Crippen LogP contribution is 2.29. The van der Waals surface area contributed by atoms with E-state index in [1.165, 1.54) is 0 Å². The molecular formula is C18H22F3N5OS. The van der Waals surface area contributed by atoms with E-state index in [0.29, 0.717) is 29.6 Å². The summed E-state index contributed by atoms with van der Waals surface area (Å²) < 4.78 is 37.8. The van der Waals surface area contributed by atoms with Crippen LogP contribution in [0.2, 0.25) is 0 Å².